The lowest BCUT2D eigenvalue weighted by atomic mass is 10.0. The van der Waals surface area contributed by atoms with E-state index in [0.717, 1.165) is 13.0 Å². The van der Waals surface area contributed by atoms with Gasteiger partial charge in [0.05, 0.1) is 6.20 Å². The normalized spacial score (nSPS) is 19.4. The third-order valence-corrected chi connectivity index (χ3v) is 4.24. The van der Waals surface area contributed by atoms with Crippen molar-refractivity contribution in [2.45, 2.75) is 12.5 Å². The molecule has 0 radical (unpaired) electrons. The number of hydrogen-bond donors (Lipinski definition) is 1. The molecule has 1 aromatic heterocycles. The highest BCUT2D eigenvalue weighted by Crippen LogP contribution is 2.41. The zero-order valence-corrected chi connectivity index (χ0v) is 12.8. The van der Waals surface area contributed by atoms with Crippen LogP contribution in [0, 0.1) is 17.6 Å². The molecular weight excluding hydrogens is 337 g/mol. The SMILES string of the molecule is Fc1cc(F)c(Cl)c(OC(c2ncco2)[C@H]2CCNC2)c1Cl. The number of oxazole rings is 1. The van der Waals surface area contributed by atoms with Gasteiger partial charge in [0, 0.05) is 18.5 Å². The lowest BCUT2D eigenvalue weighted by Crippen LogP contribution is -2.22. The highest BCUT2D eigenvalue weighted by Gasteiger charge is 2.33. The molecule has 1 N–H and O–H groups in total. The van der Waals surface area contributed by atoms with Crippen molar-refractivity contribution in [3.63, 3.8) is 0 Å². The van der Waals surface area contributed by atoms with E-state index in [0.29, 0.717) is 18.5 Å². The van der Waals surface area contributed by atoms with Crippen LogP contribution >= 0.6 is 23.2 Å². The van der Waals surface area contributed by atoms with E-state index in [1.807, 2.05) is 0 Å². The van der Waals surface area contributed by atoms with Gasteiger partial charge in [-0.15, -0.1) is 0 Å². The first kappa shape index (κ1) is 15.5. The first-order chi connectivity index (χ1) is 10.6. The molecule has 3 rings (SSSR count). The molecule has 1 aliphatic heterocycles. The van der Waals surface area contributed by atoms with Crippen molar-refractivity contribution in [1.29, 1.82) is 0 Å². The largest absolute Gasteiger partial charge is 0.477 e. The average Bonchev–Trinajstić information content (AvgIpc) is 3.19. The third kappa shape index (κ3) is 2.91. The molecule has 8 heteroatoms. The molecule has 1 aliphatic rings. The quantitative estimate of drug-likeness (QED) is 0.848. The maximum Gasteiger partial charge on any atom is 0.235 e. The molecule has 1 fully saturated rings. The number of halogens is 4. The van der Waals surface area contributed by atoms with E-state index in [9.17, 15) is 8.78 Å². The Kier molecular flexibility index (Phi) is 4.52. The average molecular weight is 349 g/mol. The van der Waals surface area contributed by atoms with Gasteiger partial charge < -0.3 is 14.5 Å². The van der Waals surface area contributed by atoms with Crippen LogP contribution in [-0.4, -0.2) is 18.1 Å². The predicted molar refractivity (Wildman–Crippen MR) is 77.2 cm³/mol. The van der Waals surface area contributed by atoms with Gasteiger partial charge in [-0.3, -0.25) is 0 Å². The number of nitrogens with one attached hydrogen (secondary N) is 1. The van der Waals surface area contributed by atoms with Crippen LogP contribution in [0.25, 0.3) is 0 Å². The fraction of sp³-hybridized carbons (Fsp3) is 0.357. The second-order valence-corrected chi connectivity index (χ2v) is 5.71. The minimum absolute atomic E-state index is 0.0251. The summed E-state index contributed by atoms with van der Waals surface area (Å²) in [6, 6.07) is 0.620. The van der Waals surface area contributed by atoms with E-state index in [1.54, 1.807) is 0 Å². The van der Waals surface area contributed by atoms with Gasteiger partial charge in [0.2, 0.25) is 5.89 Å². The third-order valence-electron chi connectivity index (χ3n) is 3.54. The summed E-state index contributed by atoms with van der Waals surface area (Å²) in [5.41, 5.74) is 0. The predicted octanol–water partition coefficient (Wildman–Crippen LogP) is 3.99. The van der Waals surface area contributed by atoms with E-state index in [2.05, 4.69) is 10.3 Å². The van der Waals surface area contributed by atoms with Gasteiger partial charge in [0.15, 0.2) is 11.9 Å². The molecule has 1 saturated heterocycles. The van der Waals surface area contributed by atoms with Crippen LogP contribution in [0.3, 0.4) is 0 Å². The van der Waals surface area contributed by atoms with Crippen LogP contribution in [0.15, 0.2) is 22.9 Å². The van der Waals surface area contributed by atoms with Crippen molar-refractivity contribution in [1.82, 2.24) is 10.3 Å². The first-order valence-corrected chi connectivity index (χ1v) is 7.43. The molecule has 0 amide bonds. The molecule has 1 aromatic carbocycles. The number of nitrogens with zero attached hydrogens (tertiary/aromatic N) is 1. The molecular formula is C14H12Cl2F2N2O2. The highest BCUT2D eigenvalue weighted by molar-refractivity contribution is 6.37. The molecule has 0 spiro atoms. The van der Waals surface area contributed by atoms with E-state index >= 15 is 0 Å². The Morgan fingerprint density at radius 3 is 2.59 bits per heavy atom. The topological polar surface area (TPSA) is 47.3 Å². The van der Waals surface area contributed by atoms with Crippen LogP contribution in [0.2, 0.25) is 10.0 Å². The highest BCUT2D eigenvalue weighted by atomic mass is 35.5. The van der Waals surface area contributed by atoms with E-state index < -0.39 is 17.7 Å². The lowest BCUT2D eigenvalue weighted by Gasteiger charge is -2.23. The number of ether oxygens (including phenoxy) is 1. The fourth-order valence-electron chi connectivity index (χ4n) is 2.44. The first-order valence-electron chi connectivity index (χ1n) is 6.67. The van der Waals surface area contributed by atoms with Crippen molar-refractivity contribution in [3.8, 4) is 5.75 Å². The Labute approximate surface area is 135 Å². The van der Waals surface area contributed by atoms with Gasteiger partial charge in [-0.1, -0.05) is 23.2 Å². The monoisotopic (exact) mass is 348 g/mol. The maximum atomic E-state index is 13.6. The van der Waals surface area contributed by atoms with Crippen LogP contribution in [0.4, 0.5) is 8.78 Å². The van der Waals surface area contributed by atoms with Crippen LogP contribution in [0.1, 0.15) is 18.4 Å². The molecule has 118 valence electrons. The summed E-state index contributed by atoms with van der Waals surface area (Å²) in [6.45, 7) is 1.48. The summed E-state index contributed by atoms with van der Waals surface area (Å²) >= 11 is 11.7. The Balaban J connectivity index is 1.97. The van der Waals surface area contributed by atoms with Gasteiger partial charge in [-0.25, -0.2) is 13.8 Å². The van der Waals surface area contributed by atoms with Gasteiger partial charge in [-0.05, 0) is 13.0 Å². The van der Waals surface area contributed by atoms with Crippen molar-refractivity contribution >= 4 is 23.2 Å². The molecule has 22 heavy (non-hydrogen) atoms. The van der Waals surface area contributed by atoms with Crippen molar-refractivity contribution in [2.75, 3.05) is 13.1 Å². The summed E-state index contributed by atoms with van der Waals surface area (Å²) in [5.74, 6) is -1.78. The molecule has 0 aliphatic carbocycles. The number of rotatable bonds is 4. The molecule has 2 atom stereocenters. The Morgan fingerprint density at radius 1 is 1.32 bits per heavy atom. The van der Waals surface area contributed by atoms with E-state index in [-0.39, 0.29) is 21.7 Å². The Morgan fingerprint density at radius 2 is 2.05 bits per heavy atom. The number of hydrogen-bond acceptors (Lipinski definition) is 4. The van der Waals surface area contributed by atoms with Gasteiger partial charge >= 0.3 is 0 Å². The zero-order chi connectivity index (χ0) is 15.7. The van der Waals surface area contributed by atoms with Crippen molar-refractivity contribution < 1.29 is 17.9 Å². The molecule has 0 saturated carbocycles. The second-order valence-electron chi connectivity index (χ2n) is 4.96. The van der Waals surface area contributed by atoms with Gasteiger partial charge in [0.25, 0.3) is 0 Å². The smallest absolute Gasteiger partial charge is 0.235 e. The zero-order valence-electron chi connectivity index (χ0n) is 11.3. The van der Waals surface area contributed by atoms with Gasteiger partial charge in [-0.2, -0.15) is 0 Å². The molecule has 1 unspecified atom stereocenters. The minimum Gasteiger partial charge on any atom is -0.477 e. The maximum absolute atomic E-state index is 13.6. The van der Waals surface area contributed by atoms with Gasteiger partial charge in [0.1, 0.15) is 27.9 Å². The van der Waals surface area contributed by atoms with Crippen molar-refractivity contribution in [2.24, 2.45) is 5.92 Å². The van der Waals surface area contributed by atoms with E-state index in [4.69, 9.17) is 32.4 Å². The molecule has 4 nitrogen and oxygen atoms in total. The van der Waals surface area contributed by atoms with Crippen LogP contribution in [-0.2, 0) is 0 Å². The second kappa shape index (κ2) is 6.40. The van der Waals surface area contributed by atoms with Crippen LogP contribution in [0.5, 0.6) is 5.75 Å². The number of benzene rings is 1. The Bertz CT molecular complexity index is 635. The standard InChI is InChI=1S/C14H12Cl2F2N2O2/c15-10-8(17)5-9(18)11(16)13(10)22-12(7-1-2-19-6-7)14-20-3-4-21-14/h3-5,7,12,19H,1-2,6H2/t7-,12?/m0/s1. The minimum atomic E-state index is -0.936. The summed E-state index contributed by atoms with van der Waals surface area (Å²) in [6.07, 6.45) is 3.05. The van der Waals surface area contributed by atoms with E-state index in [1.165, 1.54) is 12.5 Å². The van der Waals surface area contributed by atoms with Crippen LogP contribution < -0.4 is 10.1 Å². The summed E-state index contributed by atoms with van der Waals surface area (Å²) in [5, 5.41) is 2.46. The summed E-state index contributed by atoms with van der Waals surface area (Å²) in [7, 11) is 0. The fourth-order valence-corrected chi connectivity index (χ4v) is 2.88. The molecule has 2 heterocycles. The summed E-state index contributed by atoms with van der Waals surface area (Å²) < 4.78 is 38.3. The van der Waals surface area contributed by atoms with Crippen molar-refractivity contribution in [3.05, 3.63) is 46.1 Å². The molecule has 2 aromatic rings. The Hall–Kier alpha value is -1.37. The summed E-state index contributed by atoms with van der Waals surface area (Å²) in [4.78, 5) is 4.07. The number of aromatic nitrogens is 1. The molecule has 0 bridgehead atoms. The lowest BCUT2D eigenvalue weighted by molar-refractivity contribution is 0.113.